The molecule has 1 aliphatic heterocycles. The lowest BCUT2D eigenvalue weighted by atomic mass is 9.86. The molecule has 0 aromatic heterocycles. The maximum Gasteiger partial charge on any atom is 0.126 e. The Bertz CT molecular complexity index is 511. The molecule has 0 unspecified atom stereocenters. The van der Waals surface area contributed by atoms with Gasteiger partial charge >= 0.3 is 0 Å². The summed E-state index contributed by atoms with van der Waals surface area (Å²) in [5, 5.41) is 0. The van der Waals surface area contributed by atoms with Crippen LogP contribution in [0.3, 0.4) is 0 Å². The second-order valence-corrected chi connectivity index (χ2v) is 8.09. The second kappa shape index (κ2) is 11.8. The molecule has 1 aromatic carbocycles. The number of nitrogens with zero attached hydrogens (tertiary/aromatic N) is 1. The maximum absolute atomic E-state index is 5.65. The van der Waals surface area contributed by atoms with E-state index in [9.17, 15) is 0 Å². The highest BCUT2D eigenvalue weighted by Gasteiger charge is 2.29. The van der Waals surface area contributed by atoms with Gasteiger partial charge in [0.05, 0.1) is 14.2 Å². The van der Waals surface area contributed by atoms with Gasteiger partial charge < -0.3 is 14.4 Å². The molecule has 0 N–H and O–H groups in total. The monoisotopic (exact) mass is 395 g/mol. The van der Waals surface area contributed by atoms with Crippen LogP contribution in [-0.2, 0) is 0 Å². The van der Waals surface area contributed by atoms with Crippen LogP contribution in [-0.4, -0.2) is 38.3 Å². The van der Waals surface area contributed by atoms with Crippen LogP contribution in [0.25, 0.3) is 0 Å². The third-order valence-corrected chi connectivity index (χ3v) is 6.49. The van der Waals surface area contributed by atoms with Crippen molar-refractivity contribution in [3.8, 4) is 11.5 Å². The van der Waals surface area contributed by atoms with Gasteiger partial charge in [-0.25, -0.2) is 0 Å². The predicted molar refractivity (Wildman–Crippen MR) is 116 cm³/mol. The molecule has 3 nitrogen and oxygen atoms in total. The van der Waals surface area contributed by atoms with Crippen LogP contribution >= 0.6 is 12.4 Å². The number of methoxy groups -OCH3 is 2. The fourth-order valence-corrected chi connectivity index (χ4v) is 4.99. The Morgan fingerprint density at radius 2 is 1.22 bits per heavy atom. The molecule has 1 heterocycles. The van der Waals surface area contributed by atoms with E-state index in [-0.39, 0.29) is 12.4 Å². The molecule has 2 fully saturated rings. The molecule has 1 saturated carbocycles. The van der Waals surface area contributed by atoms with Crippen molar-refractivity contribution in [3.05, 3.63) is 23.8 Å². The molecule has 154 valence electrons. The standard InChI is InChI=1S/C23H37NO2.ClH/c1-25-21-13-10-14-22(26-2)23(21)19-15-17-24(18-16-19)20-11-8-6-4-3-5-7-9-12-20;/h10,13-14,19-20H,3-9,11-12,15-18H2,1-2H3;1H. The highest BCUT2D eigenvalue weighted by atomic mass is 35.5. The first-order valence-electron chi connectivity index (χ1n) is 10.8. The average molecular weight is 396 g/mol. The van der Waals surface area contributed by atoms with Crippen molar-refractivity contribution >= 4 is 12.4 Å². The van der Waals surface area contributed by atoms with Gasteiger partial charge in [-0.1, -0.05) is 51.0 Å². The van der Waals surface area contributed by atoms with Gasteiger partial charge in [0.1, 0.15) is 11.5 Å². The second-order valence-electron chi connectivity index (χ2n) is 8.09. The van der Waals surface area contributed by atoms with Crippen molar-refractivity contribution in [3.63, 3.8) is 0 Å². The Labute approximate surface area is 172 Å². The van der Waals surface area contributed by atoms with Crippen LogP contribution in [0, 0.1) is 0 Å². The summed E-state index contributed by atoms with van der Waals surface area (Å²) in [7, 11) is 3.54. The number of likely N-dealkylation sites (tertiary alicyclic amines) is 1. The van der Waals surface area contributed by atoms with Gasteiger partial charge in [-0.3, -0.25) is 0 Å². The first-order valence-corrected chi connectivity index (χ1v) is 10.8. The summed E-state index contributed by atoms with van der Waals surface area (Å²) >= 11 is 0. The average Bonchev–Trinajstić information content (AvgIpc) is 2.71. The third-order valence-electron chi connectivity index (χ3n) is 6.49. The molecule has 0 atom stereocenters. The lowest BCUT2D eigenvalue weighted by Crippen LogP contribution is -2.41. The minimum absolute atomic E-state index is 0. The number of rotatable bonds is 4. The molecule has 0 bridgehead atoms. The van der Waals surface area contributed by atoms with Crippen LogP contribution in [0.5, 0.6) is 11.5 Å². The molecule has 3 rings (SSSR count). The van der Waals surface area contributed by atoms with Gasteiger partial charge in [0.2, 0.25) is 0 Å². The molecule has 2 aliphatic rings. The van der Waals surface area contributed by atoms with Crippen LogP contribution in [0.4, 0.5) is 0 Å². The van der Waals surface area contributed by atoms with E-state index in [0.717, 1.165) is 17.5 Å². The predicted octanol–water partition coefficient (Wildman–Crippen LogP) is 6.20. The number of hydrogen-bond donors (Lipinski definition) is 0. The number of ether oxygens (including phenoxy) is 2. The molecule has 0 radical (unpaired) electrons. The smallest absolute Gasteiger partial charge is 0.126 e. The minimum Gasteiger partial charge on any atom is -0.496 e. The van der Waals surface area contributed by atoms with E-state index in [1.807, 2.05) is 6.07 Å². The summed E-state index contributed by atoms with van der Waals surface area (Å²) in [6.45, 7) is 2.44. The van der Waals surface area contributed by atoms with Gasteiger partial charge in [0.25, 0.3) is 0 Å². The SMILES string of the molecule is COc1cccc(OC)c1C1CCN(C2CCCCCCCCC2)CC1.Cl. The Kier molecular flexibility index (Phi) is 9.78. The Hall–Kier alpha value is -0.930. The summed E-state index contributed by atoms with van der Waals surface area (Å²) in [6, 6.07) is 6.99. The number of piperidine rings is 1. The van der Waals surface area contributed by atoms with Crippen molar-refractivity contribution in [2.24, 2.45) is 0 Å². The maximum atomic E-state index is 5.65. The zero-order valence-electron chi connectivity index (χ0n) is 17.3. The van der Waals surface area contributed by atoms with Gasteiger partial charge in [0, 0.05) is 11.6 Å². The summed E-state index contributed by atoms with van der Waals surface area (Å²) in [4.78, 5) is 2.79. The van der Waals surface area contributed by atoms with E-state index in [1.54, 1.807) is 14.2 Å². The molecular weight excluding hydrogens is 358 g/mol. The number of benzene rings is 1. The van der Waals surface area contributed by atoms with E-state index in [2.05, 4.69) is 17.0 Å². The highest BCUT2D eigenvalue weighted by molar-refractivity contribution is 5.85. The molecule has 1 aromatic rings. The van der Waals surface area contributed by atoms with Crippen LogP contribution in [0.2, 0.25) is 0 Å². The quantitative estimate of drug-likeness (QED) is 0.605. The van der Waals surface area contributed by atoms with Gasteiger partial charge in [-0.2, -0.15) is 0 Å². The molecule has 0 amide bonds. The van der Waals surface area contributed by atoms with Crippen molar-refractivity contribution in [2.45, 2.75) is 82.6 Å². The van der Waals surface area contributed by atoms with Crippen LogP contribution in [0.1, 0.15) is 82.1 Å². The van der Waals surface area contributed by atoms with Crippen LogP contribution in [0.15, 0.2) is 18.2 Å². The lowest BCUT2D eigenvalue weighted by molar-refractivity contribution is 0.130. The zero-order chi connectivity index (χ0) is 18.2. The minimum atomic E-state index is 0. The van der Waals surface area contributed by atoms with E-state index in [0.29, 0.717) is 5.92 Å². The summed E-state index contributed by atoms with van der Waals surface area (Å²) in [6.07, 6.45) is 15.3. The topological polar surface area (TPSA) is 21.7 Å². The van der Waals surface area contributed by atoms with E-state index < -0.39 is 0 Å². The lowest BCUT2D eigenvalue weighted by Gasteiger charge is -2.38. The number of hydrogen-bond acceptors (Lipinski definition) is 3. The summed E-state index contributed by atoms with van der Waals surface area (Å²) < 4.78 is 11.3. The van der Waals surface area contributed by atoms with Crippen molar-refractivity contribution in [2.75, 3.05) is 27.3 Å². The largest absolute Gasteiger partial charge is 0.496 e. The van der Waals surface area contributed by atoms with Gasteiger partial charge in [-0.05, 0) is 56.8 Å². The Morgan fingerprint density at radius 3 is 1.70 bits per heavy atom. The Balaban J connectivity index is 0.00000261. The summed E-state index contributed by atoms with van der Waals surface area (Å²) in [5.74, 6) is 2.53. The zero-order valence-corrected chi connectivity index (χ0v) is 18.1. The van der Waals surface area contributed by atoms with Crippen LogP contribution < -0.4 is 9.47 Å². The first-order chi connectivity index (χ1) is 12.8. The molecule has 0 spiro atoms. The van der Waals surface area contributed by atoms with E-state index >= 15 is 0 Å². The number of halogens is 1. The van der Waals surface area contributed by atoms with Crippen molar-refractivity contribution in [1.29, 1.82) is 0 Å². The Morgan fingerprint density at radius 1 is 0.741 bits per heavy atom. The normalized spacial score (nSPS) is 21.3. The highest BCUT2D eigenvalue weighted by Crippen LogP contribution is 2.41. The van der Waals surface area contributed by atoms with Crippen molar-refractivity contribution < 1.29 is 9.47 Å². The van der Waals surface area contributed by atoms with Gasteiger partial charge in [-0.15, -0.1) is 12.4 Å². The first kappa shape index (κ1) is 22.4. The summed E-state index contributed by atoms with van der Waals surface area (Å²) in [5.41, 5.74) is 1.28. The molecule has 27 heavy (non-hydrogen) atoms. The molecule has 4 heteroatoms. The fraction of sp³-hybridized carbons (Fsp3) is 0.739. The van der Waals surface area contributed by atoms with E-state index in [4.69, 9.17) is 9.47 Å². The molecular formula is C23H38ClNO2. The van der Waals surface area contributed by atoms with Crippen molar-refractivity contribution in [1.82, 2.24) is 4.90 Å². The van der Waals surface area contributed by atoms with E-state index in [1.165, 1.54) is 89.3 Å². The third kappa shape index (κ3) is 6.02. The fourth-order valence-electron chi connectivity index (χ4n) is 4.99. The molecule has 1 aliphatic carbocycles. The molecule has 1 saturated heterocycles. The van der Waals surface area contributed by atoms with Gasteiger partial charge in [0.15, 0.2) is 0 Å².